The summed E-state index contributed by atoms with van der Waals surface area (Å²) in [5, 5.41) is 11.2. The van der Waals surface area contributed by atoms with Gasteiger partial charge in [0.25, 0.3) is 0 Å². The highest BCUT2D eigenvalue weighted by molar-refractivity contribution is 5.76. The summed E-state index contributed by atoms with van der Waals surface area (Å²) in [6, 6.07) is 0.384. The van der Waals surface area contributed by atoms with Crippen molar-refractivity contribution in [1.82, 2.24) is 29.9 Å². The first-order valence-corrected chi connectivity index (χ1v) is 7.38. The molecule has 3 aromatic rings. The van der Waals surface area contributed by atoms with E-state index in [-0.39, 0.29) is 0 Å². The molecule has 1 aliphatic rings. The van der Waals surface area contributed by atoms with E-state index < -0.39 is 0 Å². The van der Waals surface area contributed by atoms with Crippen LogP contribution in [0.1, 0.15) is 6.92 Å². The first kappa shape index (κ1) is 13.1. The normalized spacial score (nSPS) is 21.3. The number of nitrogens with one attached hydrogen (secondary N) is 2. The Labute approximate surface area is 127 Å². The first-order valence-electron chi connectivity index (χ1n) is 7.38. The molecule has 1 fully saturated rings. The molecule has 2 N–H and O–H groups in total. The summed E-state index contributed by atoms with van der Waals surface area (Å²) >= 11 is 0. The molecule has 7 nitrogen and oxygen atoms in total. The zero-order chi connectivity index (χ0) is 14.9. The van der Waals surface area contributed by atoms with Gasteiger partial charge in [-0.05, 0) is 12.5 Å². The lowest BCUT2D eigenvalue weighted by Crippen LogP contribution is -2.27. The molecular formula is C15H17N7. The van der Waals surface area contributed by atoms with Crippen molar-refractivity contribution < 1.29 is 0 Å². The lowest BCUT2D eigenvalue weighted by Gasteiger charge is -2.16. The average molecular weight is 295 g/mol. The van der Waals surface area contributed by atoms with Crippen molar-refractivity contribution in [2.75, 3.05) is 18.4 Å². The third kappa shape index (κ3) is 2.29. The molecule has 7 heteroatoms. The zero-order valence-electron chi connectivity index (χ0n) is 12.3. The van der Waals surface area contributed by atoms with E-state index in [2.05, 4.69) is 37.6 Å². The Morgan fingerprint density at radius 1 is 1.18 bits per heavy atom. The average Bonchev–Trinajstić information content (AvgIpc) is 3.14. The van der Waals surface area contributed by atoms with Crippen molar-refractivity contribution in [2.24, 2.45) is 5.92 Å². The van der Waals surface area contributed by atoms with E-state index >= 15 is 0 Å². The molecule has 0 aliphatic carbocycles. The van der Waals surface area contributed by atoms with Crippen molar-refractivity contribution in [1.29, 1.82) is 0 Å². The Morgan fingerprint density at radius 2 is 2.14 bits per heavy atom. The molecule has 1 aliphatic heterocycles. The molecule has 4 rings (SSSR count). The molecule has 112 valence electrons. The second-order valence-corrected chi connectivity index (χ2v) is 5.64. The Kier molecular flexibility index (Phi) is 3.19. The highest BCUT2D eigenvalue weighted by Gasteiger charge is 2.23. The number of anilines is 1. The zero-order valence-corrected chi connectivity index (χ0v) is 12.3. The summed E-state index contributed by atoms with van der Waals surface area (Å²) < 4.78 is 1.78. The Bertz CT molecular complexity index is 797. The van der Waals surface area contributed by atoms with Gasteiger partial charge in [0.05, 0.1) is 36.0 Å². The van der Waals surface area contributed by atoms with E-state index in [0.29, 0.717) is 12.0 Å². The maximum absolute atomic E-state index is 4.68. The second-order valence-electron chi connectivity index (χ2n) is 5.64. The van der Waals surface area contributed by atoms with Crippen molar-refractivity contribution in [3.8, 4) is 11.3 Å². The third-order valence-electron chi connectivity index (χ3n) is 4.09. The van der Waals surface area contributed by atoms with E-state index in [1.807, 2.05) is 6.20 Å². The van der Waals surface area contributed by atoms with Crippen molar-refractivity contribution in [3.05, 3.63) is 37.2 Å². The van der Waals surface area contributed by atoms with Crippen molar-refractivity contribution in [2.45, 2.75) is 13.0 Å². The van der Waals surface area contributed by atoms with Crippen molar-refractivity contribution in [3.63, 3.8) is 0 Å². The van der Waals surface area contributed by atoms with Gasteiger partial charge in [-0.2, -0.15) is 5.10 Å². The largest absolute Gasteiger partial charge is 0.364 e. The summed E-state index contributed by atoms with van der Waals surface area (Å²) in [6.45, 7) is 4.21. The van der Waals surface area contributed by atoms with Crippen LogP contribution in [-0.2, 0) is 0 Å². The standard InChI is InChI=1S/C15H17N7/c1-10-4-17-6-12(10)20-15-9-18-7-13(21-15)11-5-19-22-3-2-16-8-14(11)22/h2-3,5,7-10,12,17H,4,6H2,1H3,(H,20,21). The molecule has 0 bridgehead atoms. The monoisotopic (exact) mass is 295 g/mol. The fourth-order valence-electron chi connectivity index (χ4n) is 2.79. The fourth-order valence-corrected chi connectivity index (χ4v) is 2.79. The number of nitrogens with zero attached hydrogens (tertiary/aromatic N) is 5. The summed E-state index contributed by atoms with van der Waals surface area (Å²) in [6.07, 6.45) is 10.6. The summed E-state index contributed by atoms with van der Waals surface area (Å²) in [7, 11) is 0. The molecule has 3 aromatic heterocycles. The minimum absolute atomic E-state index is 0.384. The molecule has 2 atom stereocenters. The predicted octanol–water partition coefficient (Wildman–Crippen LogP) is 1.21. The Hall–Kier alpha value is -2.54. The van der Waals surface area contributed by atoms with Gasteiger partial charge in [0, 0.05) is 30.5 Å². The summed E-state index contributed by atoms with van der Waals surface area (Å²) in [5.41, 5.74) is 2.65. The van der Waals surface area contributed by atoms with Gasteiger partial charge in [0.15, 0.2) is 0 Å². The van der Waals surface area contributed by atoms with E-state index in [1.54, 1.807) is 35.5 Å². The molecule has 4 heterocycles. The van der Waals surface area contributed by atoms with Gasteiger partial charge >= 0.3 is 0 Å². The quantitative estimate of drug-likeness (QED) is 0.756. The number of hydrogen-bond donors (Lipinski definition) is 2. The lowest BCUT2D eigenvalue weighted by atomic mass is 10.1. The highest BCUT2D eigenvalue weighted by Crippen LogP contribution is 2.23. The van der Waals surface area contributed by atoms with Gasteiger partial charge in [-0.25, -0.2) is 9.50 Å². The minimum atomic E-state index is 0.384. The first-order chi connectivity index (χ1) is 10.8. The van der Waals surface area contributed by atoms with Crippen LogP contribution in [0.15, 0.2) is 37.2 Å². The van der Waals surface area contributed by atoms with Gasteiger partial charge in [-0.1, -0.05) is 6.92 Å². The van der Waals surface area contributed by atoms with E-state index in [1.165, 1.54) is 0 Å². The second kappa shape index (κ2) is 5.34. The number of aromatic nitrogens is 5. The molecule has 0 radical (unpaired) electrons. The highest BCUT2D eigenvalue weighted by atomic mass is 15.2. The Morgan fingerprint density at radius 3 is 3.00 bits per heavy atom. The molecule has 0 spiro atoms. The van der Waals surface area contributed by atoms with Crippen LogP contribution in [0.4, 0.5) is 5.82 Å². The van der Waals surface area contributed by atoms with Gasteiger partial charge < -0.3 is 10.6 Å². The van der Waals surface area contributed by atoms with Crippen LogP contribution < -0.4 is 10.6 Å². The van der Waals surface area contributed by atoms with Crippen LogP contribution in [0.3, 0.4) is 0 Å². The van der Waals surface area contributed by atoms with Crippen LogP contribution in [0.2, 0.25) is 0 Å². The molecule has 0 amide bonds. The van der Waals surface area contributed by atoms with Crippen LogP contribution in [0, 0.1) is 5.92 Å². The molecular weight excluding hydrogens is 278 g/mol. The fraction of sp³-hybridized carbons (Fsp3) is 0.333. The topological polar surface area (TPSA) is 80.0 Å². The molecule has 2 unspecified atom stereocenters. The number of hydrogen-bond acceptors (Lipinski definition) is 6. The molecule has 0 saturated carbocycles. The van der Waals surface area contributed by atoms with Crippen molar-refractivity contribution >= 4 is 11.3 Å². The maximum Gasteiger partial charge on any atom is 0.145 e. The maximum atomic E-state index is 4.68. The van der Waals surface area contributed by atoms with Gasteiger partial charge in [0.2, 0.25) is 0 Å². The SMILES string of the molecule is CC1CNCC1Nc1cncc(-c2cnn3ccncc23)n1. The van der Waals surface area contributed by atoms with Crippen LogP contribution in [-0.4, -0.2) is 43.7 Å². The van der Waals surface area contributed by atoms with Crippen LogP contribution in [0.5, 0.6) is 0 Å². The molecule has 1 saturated heterocycles. The number of rotatable bonds is 3. The minimum Gasteiger partial charge on any atom is -0.364 e. The predicted molar refractivity (Wildman–Crippen MR) is 83.5 cm³/mol. The lowest BCUT2D eigenvalue weighted by molar-refractivity contribution is 0.593. The van der Waals surface area contributed by atoms with Gasteiger partial charge in [-0.15, -0.1) is 0 Å². The van der Waals surface area contributed by atoms with Crippen LogP contribution in [0.25, 0.3) is 16.8 Å². The molecule has 0 aromatic carbocycles. The van der Waals surface area contributed by atoms with Gasteiger partial charge in [0.1, 0.15) is 5.82 Å². The summed E-state index contributed by atoms with van der Waals surface area (Å²) in [4.78, 5) is 13.1. The molecule has 22 heavy (non-hydrogen) atoms. The third-order valence-corrected chi connectivity index (χ3v) is 4.09. The van der Waals surface area contributed by atoms with Gasteiger partial charge in [-0.3, -0.25) is 9.97 Å². The Balaban J connectivity index is 1.67. The smallest absolute Gasteiger partial charge is 0.145 e. The van der Waals surface area contributed by atoms with E-state index in [4.69, 9.17) is 0 Å². The van der Waals surface area contributed by atoms with Crippen LogP contribution >= 0.6 is 0 Å². The number of fused-ring (bicyclic) bond motifs is 1. The van der Waals surface area contributed by atoms with E-state index in [0.717, 1.165) is 35.7 Å². The van der Waals surface area contributed by atoms with E-state index in [9.17, 15) is 0 Å². The summed E-state index contributed by atoms with van der Waals surface area (Å²) in [5.74, 6) is 1.37.